The van der Waals surface area contributed by atoms with Crippen molar-refractivity contribution in [1.29, 1.82) is 0 Å². The normalized spacial score (nSPS) is 19.6. The molecule has 2 atom stereocenters. The van der Waals surface area contributed by atoms with Crippen LogP contribution in [0.1, 0.15) is 84.7 Å². The molecule has 6 heteroatoms. The lowest BCUT2D eigenvalue weighted by Crippen LogP contribution is -2.41. The molecule has 6 rings (SSSR count). The third-order valence-corrected chi connectivity index (χ3v) is 8.08. The predicted molar refractivity (Wildman–Crippen MR) is 148 cm³/mol. The summed E-state index contributed by atoms with van der Waals surface area (Å²) in [6, 6.07) is 21.5. The Morgan fingerprint density at radius 2 is 1.92 bits per heavy atom. The second kappa shape index (κ2) is 9.75. The summed E-state index contributed by atoms with van der Waals surface area (Å²) in [5.41, 5.74) is 4.29. The predicted octanol–water partition coefficient (Wildman–Crippen LogP) is 7.03. The third-order valence-electron chi connectivity index (χ3n) is 8.08. The molecule has 1 fully saturated rings. The van der Waals surface area contributed by atoms with Crippen LogP contribution < -0.4 is 10.1 Å². The van der Waals surface area contributed by atoms with E-state index in [2.05, 4.69) is 41.5 Å². The molecule has 1 aliphatic heterocycles. The highest BCUT2D eigenvalue weighted by molar-refractivity contribution is 6.04. The Morgan fingerprint density at radius 3 is 2.66 bits per heavy atom. The zero-order valence-electron chi connectivity index (χ0n) is 21.9. The third kappa shape index (κ3) is 4.49. The van der Waals surface area contributed by atoms with E-state index in [1.54, 1.807) is 0 Å². The molecule has 38 heavy (non-hydrogen) atoms. The minimum atomic E-state index is -0.417. The van der Waals surface area contributed by atoms with Crippen LogP contribution in [0.15, 0.2) is 66.7 Å². The summed E-state index contributed by atoms with van der Waals surface area (Å²) in [6.07, 6.45) is 5.28. The first-order valence-electron chi connectivity index (χ1n) is 13.7. The average molecular weight is 508 g/mol. The lowest BCUT2D eigenvalue weighted by atomic mass is 9.84. The highest BCUT2D eigenvalue weighted by Gasteiger charge is 2.38. The van der Waals surface area contributed by atoms with Crippen molar-refractivity contribution in [3.8, 4) is 17.0 Å². The van der Waals surface area contributed by atoms with Crippen LogP contribution in [0.2, 0.25) is 0 Å². The number of hydrogen-bond acceptors (Lipinski definition) is 4. The van der Waals surface area contributed by atoms with Gasteiger partial charge >= 0.3 is 0 Å². The van der Waals surface area contributed by atoms with Gasteiger partial charge in [0, 0.05) is 16.5 Å². The molecule has 4 aromatic rings. The SMILES string of the molecule is CCCC1(CC)CC(=O)c2cc(-c3n[nH]c4ccc(C(=O)NC(c5ccccc5)C5CC5)cc34)ccc2O1. The number of carbonyl (C=O) groups excluding carboxylic acids is 2. The van der Waals surface area contributed by atoms with Gasteiger partial charge in [0.2, 0.25) is 0 Å². The highest BCUT2D eigenvalue weighted by atomic mass is 16.5. The van der Waals surface area contributed by atoms with Crippen LogP contribution in [-0.2, 0) is 0 Å². The molecule has 2 N–H and O–H groups in total. The van der Waals surface area contributed by atoms with Gasteiger partial charge in [-0.25, -0.2) is 0 Å². The van der Waals surface area contributed by atoms with Crippen molar-refractivity contribution in [2.45, 2.75) is 64.0 Å². The number of aromatic amines is 1. The van der Waals surface area contributed by atoms with E-state index in [1.807, 2.05) is 54.6 Å². The number of rotatable bonds is 8. The molecule has 2 heterocycles. The van der Waals surface area contributed by atoms with E-state index in [1.165, 1.54) is 0 Å². The van der Waals surface area contributed by atoms with Crippen LogP contribution >= 0.6 is 0 Å². The van der Waals surface area contributed by atoms with Crippen LogP contribution in [0.5, 0.6) is 5.75 Å². The number of benzene rings is 3. The number of nitrogens with one attached hydrogen (secondary N) is 2. The van der Waals surface area contributed by atoms with Gasteiger partial charge in [-0.3, -0.25) is 14.7 Å². The van der Waals surface area contributed by atoms with E-state index in [0.717, 1.165) is 54.1 Å². The standard InChI is InChI=1S/C32H33N3O3/c1-3-16-32(4-2)19-27(36)25-17-22(13-15-28(25)38-32)30-24-18-23(12-14-26(24)34-35-30)31(37)33-29(21-10-11-21)20-8-6-5-7-9-20/h5-9,12-15,17-18,21,29H,3-4,10-11,16,19H2,1-2H3,(H,33,37)(H,34,35). The number of amides is 1. The fraction of sp³-hybridized carbons (Fsp3) is 0.344. The summed E-state index contributed by atoms with van der Waals surface area (Å²) in [7, 11) is 0. The molecular formula is C32H33N3O3. The molecule has 0 radical (unpaired) electrons. The van der Waals surface area contributed by atoms with E-state index in [9.17, 15) is 9.59 Å². The van der Waals surface area contributed by atoms with Crippen LogP contribution in [0.25, 0.3) is 22.2 Å². The Kier molecular flexibility index (Phi) is 6.26. The van der Waals surface area contributed by atoms with E-state index in [0.29, 0.717) is 34.9 Å². The molecule has 1 amide bonds. The van der Waals surface area contributed by atoms with Crippen LogP contribution in [0, 0.1) is 5.92 Å². The smallest absolute Gasteiger partial charge is 0.251 e. The quantitative estimate of drug-likeness (QED) is 0.268. The molecule has 2 unspecified atom stereocenters. The van der Waals surface area contributed by atoms with Gasteiger partial charge < -0.3 is 10.1 Å². The van der Waals surface area contributed by atoms with Gasteiger partial charge in [-0.1, -0.05) is 50.6 Å². The maximum absolute atomic E-state index is 13.3. The number of fused-ring (bicyclic) bond motifs is 2. The summed E-state index contributed by atoms with van der Waals surface area (Å²) in [5.74, 6) is 1.14. The second-order valence-electron chi connectivity index (χ2n) is 10.7. The van der Waals surface area contributed by atoms with Gasteiger partial charge in [0.25, 0.3) is 5.91 Å². The topological polar surface area (TPSA) is 84.1 Å². The number of H-pyrrole nitrogens is 1. The molecular weight excluding hydrogens is 474 g/mol. The van der Waals surface area contributed by atoms with E-state index >= 15 is 0 Å². The average Bonchev–Trinajstić information content (AvgIpc) is 3.70. The van der Waals surface area contributed by atoms with Crippen molar-refractivity contribution in [3.63, 3.8) is 0 Å². The van der Waals surface area contributed by atoms with Crippen molar-refractivity contribution >= 4 is 22.6 Å². The molecule has 3 aromatic carbocycles. The Labute approximate surface area is 222 Å². The Balaban J connectivity index is 1.30. The molecule has 1 saturated carbocycles. The van der Waals surface area contributed by atoms with Crippen molar-refractivity contribution < 1.29 is 14.3 Å². The van der Waals surface area contributed by atoms with E-state index in [4.69, 9.17) is 4.74 Å². The van der Waals surface area contributed by atoms with Crippen molar-refractivity contribution in [1.82, 2.24) is 15.5 Å². The van der Waals surface area contributed by atoms with Gasteiger partial charge in [0.05, 0.1) is 29.2 Å². The maximum atomic E-state index is 13.3. The van der Waals surface area contributed by atoms with Gasteiger partial charge in [-0.15, -0.1) is 0 Å². The largest absolute Gasteiger partial charge is 0.486 e. The summed E-state index contributed by atoms with van der Waals surface area (Å²) >= 11 is 0. The second-order valence-corrected chi connectivity index (χ2v) is 10.7. The van der Waals surface area contributed by atoms with Gasteiger partial charge in [-0.2, -0.15) is 5.10 Å². The Bertz CT molecular complexity index is 1510. The minimum Gasteiger partial charge on any atom is -0.486 e. The zero-order chi connectivity index (χ0) is 26.3. The molecule has 194 valence electrons. The highest BCUT2D eigenvalue weighted by Crippen LogP contribution is 2.42. The van der Waals surface area contributed by atoms with E-state index < -0.39 is 5.60 Å². The molecule has 0 bridgehead atoms. The fourth-order valence-electron chi connectivity index (χ4n) is 5.77. The Hall–Kier alpha value is -3.93. The summed E-state index contributed by atoms with van der Waals surface area (Å²) in [6.45, 7) is 4.20. The Morgan fingerprint density at radius 1 is 1.11 bits per heavy atom. The molecule has 2 aliphatic rings. The fourth-order valence-corrected chi connectivity index (χ4v) is 5.77. The minimum absolute atomic E-state index is 0.0119. The molecule has 0 spiro atoms. The first-order valence-corrected chi connectivity index (χ1v) is 13.7. The van der Waals surface area contributed by atoms with Crippen molar-refractivity contribution in [3.05, 3.63) is 83.4 Å². The number of aromatic nitrogens is 2. The monoisotopic (exact) mass is 507 g/mol. The van der Waals surface area contributed by atoms with Crippen LogP contribution in [-0.4, -0.2) is 27.5 Å². The lowest BCUT2D eigenvalue weighted by Gasteiger charge is -2.37. The maximum Gasteiger partial charge on any atom is 0.251 e. The molecule has 0 saturated heterocycles. The summed E-state index contributed by atoms with van der Waals surface area (Å²) < 4.78 is 6.39. The number of ketones is 1. The molecule has 1 aliphatic carbocycles. The summed E-state index contributed by atoms with van der Waals surface area (Å²) in [4.78, 5) is 26.5. The number of ether oxygens (including phenoxy) is 1. The van der Waals surface area contributed by atoms with Gasteiger partial charge in [0.1, 0.15) is 11.4 Å². The molecule has 6 nitrogen and oxygen atoms in total. The van der Waals surface area contributed by atoms with Crippen LogP contribution in [0.3, 0.4) is 0 Å². The first kappa shape index (κ1) is 24.4. The lowest BCUT2D eigenvalue weighted by molar-refractivity contribution is 0.0311. The summed E-state index contributed by atoms with van der Waals surface area (Å²) in [5, 5.41) is 11.7. The van der Waals surface area contributed by atoms with Crippen molar-refractivity contribution in [2.24, 2.45) is 5.92 Å². The van der Waals surface area contributed by atoms with E-state index in [-0.39, 0.29) is 17.7 Å². The number of nitrogens with zero attached hydrogens (tertiary/aromatic N) is 1. The number of carbonyl (C=O) groups is 2. The molecule has 1 aromatic heterocycles. The van der Waals surface area contributed by atoms with Gasteiger partial charge in [-0.05, 0) is 73.6 Å². The zero-order valence-corrected chi connectivity index (χ0v) is 21.9. The van der Waals surface area contributed by atoms with Crippen LogP contribution in [0.4, 0.5) is 0 Å². The van der Waals surface area contributed by atoms with Gasteiger partial charge in [0.15, 0.2) is 5.78 Å². The number of hydrogen-bond donors (Lipinski definition) is 2. The first-order chi connectivity index (χ1) is 18.5. The van der Waals surface area contributed by atoms with Crippen molar-refractivity contribution in [2.75, 3.05) is 0 Å². The number of Topliss-reactive ketones (excluding diaryl/α,β-unsaturated/α-hetero) is 1.